The Morgan fingerprint density at radius 2 is 1.96 bits per heavy atom. The average molecular weight is 319 g/mol. The molecule has 0 aliphatic carbocycles. The predicted molar refractivity (Wildman–Crippen MR) is 86.2 cm³/mol. The third-order valence-corrected chi connectivity index (χ3v) is 4.91. The predicted octanol–water partition coefficient (Wildman–Crippen LogP) is 1.23. The molecular weight excluding hydrogens is 294 g/mol. The van der Waals surface area contributed by atoms with Crippen LogP contribution in [0.2, 0.25) is 0 Å². The van der Waals surface area contributed by atoms with E-state index in [1.807, 2.05) is 31.7 Å². The number of likely N-dealkylation sites (tertiary alicyclic amines) is 1. The summed E-state index contributed by atoms with van der Waals surface area (Å²) in [5, 5.41) is 6.20. The molecule has 1 aromatic rings. The Labute approximate surface area is 136 Å². The van der Waals surface area contributed by atoms with E-state index in [1.54, 1.807) is 0 Å². The Hall–Kier alpha value is -1.82. The van der Waals surface area contributed by atoms with Crippen molar-refractivity contribution < 1.29 is 14.0 Å². The van der Waals surface area contributed by atoms with Crippen LogP contribution in [-0.2, 0) is 4.79 Å². The van der Waals surface area contributed by atoms with Crippen molar-refractivity contribution in [2.45, 2.75) is 39.7 Å². The quantitative estimate of drug-likeness (QED) is 0.879. The van der Waals surface area contributed by atoms with Gasteiger partial charge in [-0.1, -0.05) is 0 Å². The number of carbonyl (C=O) groups excluding carboxylic acids is 2. The van der Waals surface area contributed by atoms with Gasteiger partial charge in [-0.25, -0.2) is 0 Å². The molecule has 6 nitrogen and oxygen atoms in total. The van der Waals surface area contributed by atoms with Crippen molar-refractivity contribution in [3.8, 4) is 0 Å². The molecule has 3 rings (SSSR count). The van der Waals surface area contributed by atoms with Gasteiger partial charge in [0.25, 0.3) is 5.91 Å². The second-order valence-corrected chi connectivity index (χ2v) is 7.07. The van der Waals surface area contributed by atoms with E-state index in [9.17, 15) is 9.59 Å². The summed E-state index contributed by atoms with van der Waals surface area (Å²) < 4.78 is 5.46. The van der Waals surface area contributed by atoms with Gasteiger partial charge in [0.1, 0.15) is 5.76 Å². The van der Waals surface area contributed by atoms with Gasteiger partial charge in [0.15, 0.2) is 5.76 Å². The van der Waals surface area contributed by atoms with Crippen molar-refractivity contribution in [2.75, 3.05) is 26.2 Å². The first-order chi connectivity index (χ1) is 10.9. The molecule has 0 saturated carbocycles. The normalized spacial score (nSPS) is 20.9. The Morgan fingerprint density at radius 1 is 1.30 bits per heavy atom. The summed E-state index contributed by atoms with van der Waals surface area (Å²) in [6.45, 7) is 8.66. The summed E-state index contributed by atoms with van der Waals surface area (Å²) in [5.74, 6) is 1.22. The number of aryl methyl sites for hydroxylation is 2. The van der Waals surface area contributed by atoms with Crippen LogP contribution in [-0.4, -0.2) is 48.9 Å². The van der Waals surface area contributed by atoms with Crippen LogP contribution in [0.1, 0.15) is 41.6 Å². The molecule has 2 aliphatic rings. The molecule has 126 valence electrons. The van der Waals surface area contributed by atoms with Crippen LogP contribution in [0.4, 0.5) is 0 Å². The Morgan fingerprint density at radius 3 is 2.43 bits per heavy atom. The molecule has 2 saturated heterocycles. The van der Waals surface area contributed by atoms with Crippen molar-refractivity contribution in [2.24, 2.45) is 5.41 Å². The molecule has 23 heavy (non-hydrogen) atoms. The summed E-state index contributed by atoms with van der Waals surface area (Å²) in [5.41, 5.74) is 0.622. The zero-order valence-corrected chi connectivity index (χ0v) is 14.1. The van der Waals surface area contributed by atoms with Crippen molar-refractivity contribution in [1.82, 2.24) is 15.5 Å². The minimum absolute atomic E-state index is 0.101. The van der Waals surface area contributed by atoms with E-state index < -0.39 is 0 Å². The summed E-state index contributed by atoms with van der Waals surface area (Å²) in [4.78, 5) is 26.7. The topological polar surface area (TPSA) is 74.6 Å². The Kier molecular flexibility index (Phi) is 4.19. The standard InChI is InChI=1S/C17H25N3O3/c1-11-8-12(2)23-14(11)15(21)19-13-4-6-20(7-5-13)16(22)17(3)9-18-10-17/h8,13,18H,4-7,9-10H2,1-3H3,(H,19,21). The molecule has 2 amide bonds. The molecule has 2 fully saturated rings. The molecule has 0 radical (unpaired) electrons. The fourth-order valence-electron chi connectivity index (χ4n) is 3.38. The number of rotatable bonds is 3. The van der Waals surface area contributed by atoms with Crippen molar-refractivity contribution in [1.29, 1.82) is 0 Å². The average Bonchev–Trinajstić information content (AvgIpc) is 2.83. The van der Waals surface area contributed by atoms with E-state index in [0.29, 0.717) is 18.8 Å². The largest absolute Gasteiger partial charge is 0.456 e. The molecule has 2 N–H and O–H groups in total. The van der Waals surface area contributed by atoms with Gasteiger partial charge < -0.3 is 20.0 Å². The molecule has 6 heteroatoms. The number of hydrogen-bond donors (Lipinski definition) is 2. The van der Waals surface area contributed by atoms with Crippen molar-refractivity contribution in [3.05, 3.63) is 23.2 Å². The third-order valence-electron chi connectivity index (χ3n) is 4.91. The van der Waals surface area contributed by atoms with Crippen molar-refractivity contribution >= 4 is 11.8 Å². The molecule has 0 aromatic carbocycles. The monoisotopic (exact) mass is 319 g/mol. The molecular formula is C17H25N3O3. The fraction of sp³-hybridized carbons (Fsp3) is 0.647. The van der Waals surface area contributed by atoms with Gasteiger partial charge >= 0.3 is 0 Å². The van der Waals surface area contributed by atoms with Crippen LogP contribution >= 0.6 is 0 Å². The van der Waals surface area contributed by atoms with E-state index in [2.05, 4.69) is 10.6 Å². The molecule has 0 spiro atoms. The maximum absolute atomic E-state index is 12.5. The van der Waals surface area contributed by atoms with Gasteiger partial charge in [-0.2, -0.15) is 0 Å². The SMILES string of the molecule is Cc1cc(C)c(C(=O)NC2CCN(C(=O)C3(C)CNC3)CC2)o1. The van der Waals surface area contributed by atoms with Gasteiger partial charge in [0.2, 0.25) is 5.91 Å². The van der Waals surface area contributed by atoms with Crippen LogP contribution in [0.15, 0.2) is 10.5 Å². The molecule has 2 aliphatic heterocycles. The van der Waals surface area contributed by atoms with E-state index in [4.69, 9.17) is 4.42 Å². The summed E-state index contributed by atoms with van der Waals surface area (Å²) in [6, 6.07) is 1.97. The lowest BCUT2D eigenvalue weighted by molar-refractivity contribution is -0.145. The highest BCUT2D eigenvalue weighted by molar-refractivity contribution is 5.93. The van der Waals surface area contributed by atoms with E-state index >= 15 is 0 Å². The number of nitrogens with one attached hydrogen (secondary N) is 2. The lowest BCUT2D eigenvalue weighted by Gasteiger charge is -2.43. The van der Waals surface area contributed by atoms with Crippen LogP contribution in [0, 0.1) is 19.3 Å². The van der Waals surface area contributed by atoms with Crippen LogP contribution in [0.3, 0.4) is 0 Å². The second-order valence-electron chi connectivity index (χ2n) is 7.07. The smallest absolute Gasteiger partial charge is 0.287 e. The summed E-state index contributed by atoms with van der Waals surface area (Å²) in [6.07, 6.45) is 1.58. The molecule has 3 heterocycles. The zero-order chi connectivity index (χ0) is 16.6. The lowest BCUT2D eigenvalue weighted by Crippen LogP contribution is -2.61. The second kappa shape index (κ2) is 6.00. The number of furan rings is 1. The highest BCUT2D eigenvalue weighted by Crippen LogP contribution is 2.26. The first kappa shape index (κ1) is 16.1. The summed E-state index contributed by atoms with van der Waals surface area (Å²) in [7, 11) is 0. The van der Waals surface area contributed by atoms with Gasteiger partial charge in [0.05, 0.1) is 5.41 Å². The van der Waals surface area contributed by atoms with Gasteiger partial charge in [0, 0.05) is 37.8 Å². The third kappa shape index (κ3) is 3.13. The highest BCUT2D eigenvalue weighted by Gasteiger charge is 2.42. The van der Waals surface area contributed by atoms with Crippen LogP contribution < -0.4 is 10.6 Å². The minimum atomic E-state index is -0.237. The number of amides is 2. The fourth-order valence-corrected chi connectivity index (χ4v) is 3.38. The number of carbonyl (C=O) groups is 2. The minimum Gasteiger partial charge on any atom is -0.456 e. The number of nitrogens with zero attached hydrogens (tertiary/aromatic N) is 1. The maximum Gasteiger partial charge on any atom is 0.287 e. The number of piperidine rings is 1. The molecule has 0 unspecified atom stereocenters. The van der Waals surface area contributed by atoms with Crippen LogP contribution in [0.25, 0.3) is 0 Å². The molecule has 1 aromatic heterocycles. The lowest BCUT2D eigenvalue weighted by atomic mass is 9.82. The first-order valence-electron chi connectivity index (χ1n) is 8.27. The van der Waals surface area contributed by atoms with Crippen molar-refractivity contribution in [3.63, 3.8) is 0 Å². The molecule has 0 bridgehead atoms. The first-order valence-corrected chi connectivity index (χ1v) is 8.27. The maximum atomic E-state index is 12.5. The van der Waals surface area contributed by atoms with Gasteiger partial charge in [-0.15, -0.1) is 0 Å². The van der Waals surface area contributed by atoms with Gasteiger partial charge in [-0.3, -0.25) is 9.59 Å². The highest BCUT2D eigenvalue weighted by atomic mass is 16.3. The van der Waals surface area contributed by atoms with E-state index in [1.165, 1.54) is 0 Å². The zero-order valence-electron chi connectivity index (χ0n) is 14.1. The Balaban J connectivity index is 1.52. The van der Waals surface area contributed by atoms with Gasteiger partial charge in [-0.05, 0) is 39.7 Å². The van der Waals surface area contributed by atoms with E-state index in [-0.39, 0.29) is 23.3 Å². The van der Waals surface area contributed by atoms with Crippen LogP contribution in [0.5, 0.6) is 0 Å². The Bertz CT molecular complexity index is 611. The summed E-state index contributed by atoms with van der Waals surface area (Å²) >= 11 is 0. The number of hydrogen-bond acceptors (Lipinski definition) is 4. The van der Waals surface area contributed by atoms with E-state index in [0.717, 1.165) is 37.3 Å². The molecule has 0 atom stereocenters.